The first-order valence-corrected chi connectivity index (χ1v) is 9.68. The summed E-state index contributed by atoms with van der Waals surface area (Å²) in [5.74, 6) is 2.04. The maximum Gasteiger partial charge on any atom is 0.237 e. The van der Waals surface area contributed by atoms with Gasteiger partial charge in [-0.2, -0.15) is 11.8 Å². The predicted molar refractivity (Wildman–Crippen MR) is 94.4 cm³/mol. The van der Waals surface area contributed by atoms with Gasteiger partial charge in [-0.05, 0) is 49.3 Å². The molecule has 1 atom stereocenters. The first-order chi connectivity index (χ1) is 11.2. The molecular weight excluding hydrogens is 308 g/mol. The summed E-state index contributed by atoms with van der Waals surface area (Å²) in [7, 11) is 0. The molecule has 126 valence electrons. The molecular formula is C18H26N2O2S. The van der Waals surface area contributed by atoms with Gasteiger partial charge in [0.15, 0.2) is 0 Å². The Labute approximate surface area is 142 Å². The number of carbonyl (C=O) groups is 1. The summed E-state index contributed by atoms with van der Waals surface area (Å²) in [6.45, 7) is 2.18. The van der Waals surface area contributed by atoms with Crippen molar-refractivity contribution >= 4 is 17.7 Å². The van der Waals surface area contributed by atoms with Gasteiger partial charge in [0.25, 0.3) is 0 Å². The van der Waals surface area contributed by atoms with Gasteiger partial charge in [0.05, 0.1) is 11.6 Å². The predicted octanol–water partition coefficient (Wildman–Crippen LogP) is 2.03. The molecule has 2 heterocycles. The third kappa shape index (κ3) is 4.49. The van der Waals surface area contributed by atoms with Crippen molar-refractivity contribution in [2.75, 3.05) is 24.6 Å². The number of hydrogen-bond donors (Lipinski definition) is 2. The minimum Gasteiger partial charge on any atom is -0.388 e. The minimum atomic E-state index is -0.705. The van der Waals surface area contributed by atoms with E-state index >= 15 is 0 Å². The van der Waals surface area contributed by atoms with Crippen molar-refractivity contribution in [3.05, 3.63) is 35.9 Å². The van der Waals surface area contributed by atoms with Crippen LogP contribution in [0.1, 0.15) is 31.2 Å². The summed E-state index contributed by atoms with van der Waals surface area (Å²) in [5, 5.41) is 13.5. The highest BCUT2D eigenvalue weighted by molar-refractivity contribution is 7.99. The first kappa shape index (κ1) is 16.8. The molecule has 3 rings (SSSR count). The first-order valence-electron chi connectivity index (χ1n) is 8.52. The molecule has 0 saturated carbocycles. The van der Waals surface area contributed by atoms with Crippen molar-refractivity contribution in [2.24, 2.45) is 0 Å². The second kappa shape index (κ2) is 7.69. The molecule has 4 nitrogen and oxygen atoms in total. The van der Waals surface area contributed by atoms with Crippen molar-refractivity contribution in [1.29, 1.82) is 0 Å². The zero-order valence-corrected chi connectivity index (χ0v) is 14.4. The highest BCUT2D eigenvalue weighted by Crippen LogP contribution is 2.26. The lowest BCUT2D eigenvalue weighted by molar-refractivity contribution is -0.127. The maximum absolute atomic E-state index is 12.6. The Morgan fingerprint density at radius 3 is 2.78 bits per heavy atom. The Morgan fingerprint density at radius 1 is 1.30 bits per heavy atom. The van der Waals surface area contributed by atoms with Crippen LogP contribution in [0.4, 0.5) is 0 Å². The smallest absolute Gasteiger partial charge is 0.237 e. The minimum absolute atomic E-state index is 0.0585. The molecule has 0 spiro atoms. The quantitative estimate of drug-likeness (QED) is 0.865. The van der Waals surface area contributed by atoms with Crippen LogP contribution in [0.3, 0.4) is 0 Å². The van der Waals surface area contributed by atoms with Gasteiger partial charge in [-0.15, -0.1) is 0 Å². The van der Waals surface area contributed by atoms with Gasteiger partial charge in [-0.3, -0.25) is 9.69 Å². The number of nitrogens with one attached hydrogen (secondary N) is 1. The second-order valence-electron chi connectivity index (χ2n) is 6.67. The third-order valence-corrected chi connectivity index (χ3v) is 5.90. The Morgan fingerprint density at radius 2 is 2.04 bits per heavy atom. The summed E-state index contributed by atoms with van der Waals surface area (Å²) >= 11 is 1.88. The summed E-state index contributed by atoms with van der Waals surface area (Å²) in [6, 6.07) is 10.2. The van der Waals surface area contributed by atoms with E-state index in [0.717, 1.165) is 50.3 Å². The lowest BCUT2D eigenvalue weighted by atomic mass is 9.96. The fourth-order valence-corrected chi connectivity index (χ4v) is 4.68. The highest BCUT2D eigenvalue weighted by Gasteiger charge is 2.34. The van der Waals surface area contributed by atoms with E-state index in [1.165, 1.54) is 5.56 Å². The monoisotopic (exact) mass is 334 g/mol. The van der Waals surface area contributed by atoms with Crippen LogP contribution in [-0.4, -0.2) is 52.2 Å². The molecule has 2 saturated heterocycles. The van der Waals surface area contributed by atoms with E-state index in [1.54, 1.807) is 0 Å². The molecule has 0 aliphatic carbocycles. The third-order valence-electron chi connectivity index (χ3n) is 4.91. The fraction of sp³-hybridized carbons (Fsp3) is 0.611. The van der Waals surface area contributed by atoms with E-state index in [2.05, 4.69) is 22.3 Å². The number of thioether (sulfide) groups is 1. The fourth-order valence-electron chi connectivity index (χ4n) is 3.43. The largest absolute Gasteiger partial charge is 0.388 e. The number of benzene rings is 1. The molecule has 2 aliphatic heterocycles. The molecule has 2 fully saturated rings. The number of likely N-dealkylation sites (tertiary alicyclic amines) is 1. The van der Waals surface area contributed by atoms with Crippen LogP contribution in [0, 0.1) is 0 Å². The normalized spacial score (nSPS) is 24.5. The van der Waals surface area contributed by atoms with Crippen LogP contribution in [0.25, 0.3) is 0 Å². The molecule has 1 unspecified atom stereocenters. The van der Waals surface area contributed by atoms with Crippen molar-refractivity contribution in [1.82, 2.24) is 10.2 Å². The number of nitrogens with zero attached hydrogens (tertiary/aromatic N) is 1. The standard InChI is InChI=1S/C18H26N2O2S/c21-17(19-14-18(22)8-11-23-12-9-18)16-7-4-10-20(16)13-15-5-2-1-3-6-15/h1-3,5-6,16,22H,4,7-14H2,(H,19,21). The molecule has 1 amide bonds. The van der Waals surface area contributed by atoms with Gasteiger partial charge in [0.1, 0.15) is 0 Å². The number of hydrogen-bond acceptors (Lipinski definition) is 4. The van der Waals surface area contributed by atoms with Crippen LogP contribution in [0.2, 0.25) is 0 Å². The van der Waals surface area contributed by atoms with Gasteiger partial charge in [-0.1, -0.05) is 30.3 Å². The number of carbonyl (C=O) groups excluding carboxylic acids is 1. The lowest BCUT2D eigenvalue weighted by Gasteiger charge is -2.33. The van der Waals surface area contributed by atoms with E-state index < -0.39 is 5.60 Å². The lowest BCUT2D eigenvalue weighted by Crippen LogP contribution is -2.50. The molecule has 0 radical (unpaired) electrons. The van der Waals surface area contributed by atoms with Gasteiger partial charge in [0, 0.05) is 13.1 Å². The zero-order valence-electron chi connectivity index (χ0n) is 13.5. The molecule has 1 aromatic rings. The molecule has 23 heavy (non-hydrogen) atoms. The van der Waals surface area contributed by atoms with E-state index in [9.17, 15) is 9.90 Å². The summed E-state index contributed by atoms with van der Waals surface area (Å²) in [4.78, 5) is 14.8. The molecule has 5 heteroatoms. The van der Waals surface area contributed by atoms with Crippen LogP contribution in [0.15, 0.2) is 30.3 Å². The molecule has 0 aromatic heterocycles. The number of rotatable bonds is 5. The Hall–Kier alpha value is -1.04. The van der Waals surface area contributed by atoms with E-state index in [-0.39, 0.29) is 11.9 Å². The molecule has 1 aromatic carbocycles. The molecule has 2 N–H and O–H groups in total. The van der Waals surface area contributed by atoms with E-state index in [0.29, 0.717) is 6.54 Å². The summed E-state index contributed by atoms with van der Waals surface area (Å²) in [5.41, 5.74) is 0.541. The van der Waals surface area contributed by atoms with Crippen LogP contribution < -0.4 is 5.32 Å². The van der Waals surface area contributed by atoms with Crippen LogP contribution >= 0.6 is 11.8 Å². The van der Waals surface area contributed by atoms with Crippen molar-refractivity contribution < 1.29 is 9.90 Å². The number of amides is 1. The van der Waals surface area contributed by atoms with Crippen molar-refractivity contribution in [2.45, 2.75) is 43.9 Å². The topological polar surface area (TPSA) is 52.6 Å². The van der Waals surface area contributed by atoms with Crippen molar-refractivity contribution in [3.63, 3.8) is 0 Å². The SMILES string of the molecule is O=C(NCC1(O)CCSCC1)C1CCCN1Cc1ccccc1. The average molecular weight is 334 g/mol. The van der Waals surface area contributed by atoms with Gasteiger partial charge in [0.2, 0.25) is 5.91 Å². The molecule has 0 bridgehead atoms. The summed E-state index contributed by atoms with van der Waals surface area (Å²) in [6.07, 6.45) is 3.52. The molecule has 2 aliphatic rings. The van der Waals surface area contributed by atoms with Gasteiger partial charge < -0.3 is 10.4 Å². The Balaban J connectivity index is 1.53. The summed E-state index contributed by atoms with van der Waals surface area (Å²) < 4.78 is 0. The number of aliphatic hydroxyl groups is 1. The van der Waals surface area contributed by atoms with Gasteiger partial charge >= 0.3 is 0 Å². The van der Waals surface area contributed by atoms with Gasteiger partial charge in [-0.25, -0.2) is 0 Å². The highest BCUT2D eigenvalue weighted by atomic mass is 32.2. The Kier molecular flexibility index (Phi) is 5.62. The van der Waals surface area contributed by atoms with E-state index in [1.807, 2.05) is 30.0 Å². The van der Waals surface area contributed by atoms with Crippen LogP contribution in [0.5, 0.6) is 0 Å². The Bertz CT molecular complexity index is 517. The van der Waals surface area contributed by atoms with E-state index in [4.69, 9.17) is 0 Å². The zero-order chi connectivity index (χ0) is 16.1. The second-order valence-corrected chi connectivity index (χ2v) is 7.89. The maximum atomic E-state index is 12.6. The average Bonchev–Trinajstić information content (AvgIpc) is 3.03. The van der Waals surface area contributed by atoms with Crippen LogP contribution in [-0.2, 0) is 11.3 Å². The van der Waals surface area contributed by atoms with Crippen molar-refractivity contribution in [3.8, 4) is 0 Å².